The molecule has 0 aliphatic rings. The fourth-order valence-electron chi connectivity index (χ4n) is 1.32. The predicted molar refractivity (Wildman–Crippen MR) is 69.4 cm³/mol. The van der Waals surface area contributed by atoms with Crippen LogP contribution in [-0.2, 0) is 6.42 Å². The topological polar surface area (TPSA) is 25.8 Å². The van der Waals surface area contributed by atoms with Crippen LogP contribution in [0.15, 0.2) is 18.2 Å². The van der Waals surface area contributed by atoms with Crippen LogP contribution < -0.4 is 0 Å². The molecule has 0 amide bonds. The summed E-state index contributed by atoms with van der Waals surface area (Å²) in [4.78, 5) is 0. The second-order valence-corrected chi connectivity index (χ2v) is 5.27. The van der Waals surface area contributed by atoms with Crippen LogP contribution in [0.25, 0.3) is 10.6 Å². The molecular formula is C11H9Cl2FN2S. The van der Waals surface area contributed by atoms with Crippen molar-refractivity contribution in [1.82, 2.24) is 10.2 Å². The summed E-state index contributed by atoms with van der Waals surface area (Å²) in [6.07, 6.45) is 1.69. The lowest BCUT2D eigenvalue weighted by molar-refractivity contribution is 0.628. The van der Waals surface area contributed by atoms with Gasteiger partial charge in [0.25, 0.3) is 0 Å². The Morgan fingerprint density at radius 1 is 1.29 bits per heavy atom. The SMILES string of the molecule is Fc1ccc(-c2nnc(CCCCl)s2)cc1Cl. The van der Waals surface area contributed by atoms with Crippen molar-refractivity contribution in [1.29, 1.82) is 0 Å². The van der Waals surface area contributed by atoms with Crippen LogP contribution in [-0.4, -0.2) is 16.1 Å². The van der Waals surface area contributed by atoms with Crippen molar-refractivity contribution in [2.24, 2.45) is 0 Å². The van der Waals surface area contributed by atoms with Crippen molar-refractivity contribution in [2.45, 2.75) is 12.8 Å². The quantitative estimate of drug-likeness (QED) is 0.790. The lowest BCUT2D eigenvalue weighted by atomic mass is 10.2. The molecule has 0 N–H and O–H groups in total. The van der Waals surface area contributed by atoms with Crippen molar-refractivity contribution in [2.75, 3.05) is 5.88 Å². The maximum Gasteiger partial charge on any atom is 0.147 e. The van der Waals surface area contributed by atoms with Gasteiger partial charge in [0.05, 0.1) is 5.02 Å². The molecule has 0 aliphatic heterocycles. The van der Waals surface area contributed by atoms with E-state index < -0.39 is 5.82 Å². The summed E-state index contributed by atoms with van der Waals surface area (Å²) in [5.41, 5.74) is 0.783. The minimum absolute atomic E-state index is 0.0972. The molecule has 2 nitrogen and oxygen atoms in total. The van der Waals surface area contributed by atoms with Crippen molar-refractivity contribution < 1.29 is 4.39 Å². The summed E-state index contributed by atoms with van der Waals surface area (Å²) in [6.45, 7) is 0. The first kappa shape index (κ1) is 12.7. The molecule has 0 fully saturated rings. The molecule has 0 unspecified atom stereocenters. The molecule has 0 saturated heterocycles. The number of aryl methyl sites for hydroxylation is 1. The third kappa shape index (κ3) is 3.15. The second-order valence-electron chi connectivity index (χ2n) is 3.42. The Bertz CT molecular complexity index is 516. The smallest absolute Gasteiger partial charge is 0.147 e. The summed E-state index contributed by atoms with van der Waals surface area (Å²) >= 11 is 12.8. The number of nitrogens with zero attached hydrogens (tertiary/aromatic N) is 2. The zero-order valence-electron chi connectivity index (χ0n) is 8.79. The van der Waals surface area contributed by atoms with E-state index in [1.54, 1.807) is 12.1 Å². The van der Waals surface area contributed by atoms with Gasteiger partial charge in [0.15, 0.2) is 0 Å². The van der Waals surface area contributed by atoms with E-state index in [0.717, 1.165) is 28.4 Å². The fraction of sp³-hybridized carbons (Fsp3) is 0.273. The molecular weight excluding hydrogens is 282 g/mol. The molecule has 0 spiro atoms. The molecule has 1 aromatic carbocycles. The second kappa shape index (κ2) is 5.76. The maximum atomic E-state index is 13.0. The van der Waals surface area contributed by atoms with E-state index in [0.29, 0.717) is 5.88 Å². The molecule has 90 valence electrons. The van der Waals surface area contributed by atoms with Crippen molar-refractivity contribution in [3.63, 3.8) is 0 Å². The average molecular weight is 291 g/mol. The zero-order valence-corrected chi connectivity index (χ0v) is 11.1. The lowest BCUT2D eigenvalue weighted by Gasteiger charge is -1.97. The Balaban J connectivity index is 2.21. The Morgan fingerprint density at radius 3 is 2.82 bits per heavy atom. The van der Waals surface area contributed by atoms with E-state index in [-0.39, 0.29) is 5.02 Å². The van der Waals surface area contributed by atoms with Gasteiger partial charge in [0.1, 0.15) is 15.8 Å². The van der Waals surface area contributed by atoms with Crippen LogP contribution in [0.2, 0.25) is 5.02 Å². The zero-order chi connectivity index (χ0) is 12.3. The molecule has 1 heterocycles. The fourth-order valence-corrected chi connectivity index (χ4v) is 2.51. The third-order valence-corrected chi connectivity index (χ3v) is 3.75. The van der Waals surface area contributed by atoms with Crippen molar-refractivity contribution >= 4 is 34.5 Å². The first-order chi connectivity index (χ1) is 8.20. The number of alkyl halides is 1. The van der Waals surface area contributed by atoms with Gasteiger partial charge in [-0.15, -0.1) is 21.8 Å². The van der Waals surface area contributed by atoms with Gasteiger partial charge in [-0.3, -0.25) is 0 Å². The first-order valence-corrected chi connectivity index (χ1v) is 6.77. The van der Waals surface area contributed by atoms with Crippen LogP contribution in [0.4, 0.5) is 4.39 Å². The van der Waals surface area contributed by atoms with E-state index in [4.69, 9.17) is 23.2 Å². The standard InChI is InChI=1S/C11H9Cl2FN2S/c12-5-1-2-10-15-16-11(17-10)7-3-4-9(14)8(13)6-7/h3-4,6H,1-2,5H2. The molecule has 6 heteroatoms. The molecule has 17 heavy (non-hydrogen) atoms. The molecule has 0 atom stereocenters. The summed E-state index contributed by atoms with van der Waals surface area (Å²) < 4.78 is 13.0. The third-order valence-electron chi connectivity index (χ3n) is 2.16. The molecule has 0 aliphatic carbocycles. The van der Waals surface area contributed by atoms with Crippen LogP contribution in [0, 0.1) is 5.82 Å². The van der Waals surface area contributed by atoms with Gasteiger partial charge in [0.2, 0.25) is 0 Å². The van der Waals surface area contributed by atoms with Gasteiger partial charge in [-0.1, -0.05) is 22.9 Å². The van der Waals surface area contributed by atoms with Crippen LogP contribution in [0.3, 0.4) is 0 Å². The van der Waals surface area contributed by atoms with Crippen LogP contribution in [0.1, 0.15) is 11.4 Å². The average Bonchev–Trinajstić information content (AvgIpc) is 2.79. The van der Waals surface area contributed by atoms with Crippen molar-refractivity contribution in [3.05, 3.63) is 34.0 Å². The highest BCUT2D eigenvalue weighted by molar-refractivity contribution is 7.14. The largest absolute Gasteiger partial charge is 0.205 e. The number of halogens is 3. The highest BCUT2D eigenvalue weighted by atomic mass is 35.5. The first-order valence-electron chi connectivity index (χ1n) is 5.04. The monoisotopic (exact) mass is 290 g/mol. The molecule has 2 aromatic rings. The number of hydrogen-bond acceptors (Lipinski definition) is 3. The Morgan fingerprint density at radius 2 is 2.12 bits per heavy atom. The van der Waals surface area contributed by atoms with Gasteiger partial charge in [-0.2, -0.15) is 0 Å². The molecule has 0 radical (unpaired) electrons. The molecule has 0 bridgehead atoms. The summed E-state index contributed by atoms with van der Waals surface area (Å²) in [7, 11) is 0. The number of hydrogen-bond donors (Lipinski definition) is 0. The lowest BCUT2D eigenvalue weighted by Crippen LogP contribution is -1.84. The minimum Gasteiger partial charge on any atom is -0.205 e. The van der Waals surface area contributed by atoms with Gasteiger partial charge in [-0.25, -0.2) is 4.39 Å². The summed E-state index contributed by atoms with van der Waals surface area (Å²) in [5.74, 6) is 0.180. The highest BCUT2D eigenvalue weighted by Crippen LogP contribution is 2.27. The highest BCUT2D eigenvalue weighted by Gasteiger charge is 2.08. The van der Waals surface area contributed by atoms with Gasteiger partial charge in [0, 0.05) is 17.9 Å². The van der Waals surface area contributed by atoms with E-state index in [1.807, 2.05) is 0 Å². The Labute approximate surface area is 112 Å². The Hall–Kier alpha value is -0.710. The molecule has 2 rings (SSSR count). The maximum absolute atomic E-state index is 13.0. The van der Waals surface area contributed by atoms with Gasteiger partial charge in [-0.05, 0) is 24.6 Å². The van der Waals surface area contributed by atoms with Crippen LogP contribution >= 0.6 is 34.5 Å². The van der Waals surface area contributed by atoms with E-state index in [2.05, 4.69) is 10.2 Å². The molecule has 0 saturated carbocycles. The number of benzene rings is 1. The predicted octanol–water partition coefficient (Wildman–Crippen LogP) is 4.17. The number of aromatic nitrogens is 2. The van der Waals surface area contributed by atoms with Crippen LogP contribution in [0.5, 0.6) is 0 Å². The summed E-state index contributed by atoms with van der Waals surface area (Å²) in [5, 5.41) is 9.89. The normalized spacial score (nSPS) is 10.8. The minimum atomic E-state index is -0.428. The van der Waals surface area contributed by atoms with Gasteiger partial charge >= 0.3 is 0 Å². The van der Waals surface area contributed by atoms with E-state index in [9.17, 15) is 4.39 Å². The summed E-state index contributed by atoms with van der Waals surface area (Å²) in [6, 6.07) is 4.54. The van der Waals surface area contributed by atoms with E-state index in [1.165, 1.54) is 17.4 Å². The number of rotatable bonds is 4. The van der Waals surface area contributed by atoms with Crippen molar-refractivity contribution in [3.8, 4) is 10.6 Å². The van der Waals surface area contributed by atoms with Gasteiger partial charge < -0.3 is 0 Å². The van der Waals surface area contributed by atoms with E-state index >= 15 is 0 Å². The Kier molecular flexibility index (Phi) is 4.31. The molecule has 1 aromatic heterocycles.